The monoisotopic (exact) mass is 298 g/mol. The Morgan fingerprint density at radius 2 is 1.80 bits per heavy atom. The summed E-state index contributed by atoms with van der Waals surface area (Å²) >= 11 is -0.0728. The maximum Gasteiger partial charge on any atom is 0.446 e. The number of hydrogen-bond donors (Lipinski definition) is 0. The fourth-order valence-electron chi connectivity index (χ4n) is 1.71. The first kappa shape index (κ1) is 15.3. The standard InChI is InChI=1S/C16H17F3S/c1-15(2,3)13-9-8-12(7-6-11-4-5-11)14(10-13)20-16(17,18)19/h8-11H,4-5H2,1-3H3. The highest BCUT2D eigenvalue weighted by Crippen LogP contribution is 2.40. The van der Waals surface area contributed by atoms with Crippen LogP contribution >= 0.6 is 11.8 Å². The summed E-state index contributed by atoms with van der Waals surface area (Å²) in [5, 5.41) is 0. The lowest BCUT2D eigenvalue weighted by molar-refractivity contribution is -0.0328. The summed E-state index contributed by atoms with van der Waals surface area (Å²) in [4.78, 5) is 0.207. The topological polar surface area (TPSA) is 0 Å². The van der Waals surface area contributed by atoms with Gasteiger partial charge < -0.3 is 0 Å². The van der Waals surface area contributed by atoms with Crippen molar-refractivity contribution in [1.29, 1.82) is 0 Å². The van der Waals surface area contributed by atoms with Crippen molar-refractivity contribution >= 4 is 11.8 Å². The zero-order valence-corrected chi connectivity index (χ0v) is 12.6. The minimum absolute atomic E-state index is 0.0728. The predicted octanol–water partition coefficient (Wildman–Crippen LogP) is 5.36. The summed E-state index contributed by atoms with van der Waals surface area (Å²) < 4.78 is 38.0. The first-order chi connectivity index (χ1) is 9.15. The van der Waals surface area contributed by atoms with Gasteiger partial charge in [0.1, 0.15) is 0 Å². The lowest BCUT2D eigenvalue weighted by Crippen LogP contribution is -2.11. The van der Waals surface area contributed by atoms with Crippen molar-refractivity contribution in [3.05, 3.63) is 29.3 Å². The van der Waals surface area contributed by atoms with E-state index in [0.717, 1.165) is 18.4 Å². The van der Waals surface area contributed by atoms with Crippen LogP contribution in [0.25, 0.3) is 0 Å². The van der Waals surface area contributed by atoms with Crippen LogP contribution in [-0.2, 0) is 5.41 Å². The first-order valence-electron chi connectivity index (χ1n) is 6.57. The van der Waals surface area contributed by atoms with Crippen LogP contribution in [0.15, 0.2) is 23.1 Å². The molecule has 1 aliphatic carbocycles. The molecular weight excluding hydrogens is 281 g/mol. The highest BCUT2D eigenvalue weighted by atomic mass is 32.2. The highest BCUT2D eigenvalue weighted by molar-refractivity contribution is 8.00. The molecule has 108 valence electrons. The van der Waals surface area contributed by atoms with Crippen LogP contribution < -0.4 is 0 Å². The summed E-state index contributed by atoms with van der Waals surface area (Å²) in [6, 6.07) is 5.20. The van der Waals surface area contributed by atoms with Gasteiger partial charge in [-0.1, -0.05) is 38.7 Å². The Morgan fingerprint density at radius 3 is 2.30 bits per heavy atom. The average molecular weight is 298 g/mol. The van der Waals surface area contributed by atoms with E-state index >= 15 is 0 Å². The molecule has 0 heterocycles. The van der Waals surface area contributed by atoms with Crippen molar-refractivity contribution in [1.82, 2.24) is 0 Å². The molecule has 0 nitrogen and oxygen atoms in total. The van der Waals surface area contributed by atoms with Gasteiger partial charge in [0.05, 0.1) is 0 Å². The number of alkyl halides is 3. The second-order valence-electron chi connectivity index (χ2n) is 6.05. The third-order valence-electron chi connectivity index (χ3n) is 3.06. The van der Waals surface area contributed by atoms with Crippen LogP contribution in [0.3, 0.4) is 0 Å². The number of rotatable bonds is 1. The largest absolute Gasteiger partial charge is 0.446 e. The Kier molecular flexibility index (Phi) is 4.11. The molecule has 0 N–H and O–H groups in total. The minimum atomic E-state index is -4.29. The van der Waals surface area contributed by atoms with Crippen molar-refractivity contribution < 1.29 is 13.2 Å². The molecule has 0 bridgehead atoms. The summed E-state index contributed by atoms with van der Waals surface area (Å²) in [5.74, 6) is 6.31. The summed E-state index contributed by atoms with van der Waals surface area (Å²) in [7, 11) is 0. The number of halogens is 3. The maximum atomic E-state index is 12.7. The van der Waals surface area contributed by atoms with E-state index in [9.17, 15) is 13.2 Å². The van der Waals surface area contributed by atoms with E-state index in [4.69, 9.17) is 0 Å². The molecular formula is C16H17F3S. The Labute approximate surface area is 122 Å². The third-order valence-corrected chi connectivity index (χ3v) is 3.85. The van der Waals surface area contributed by atoms with Crippen LogP contribution in [0.5, 0.6) is 0 Å². The van der Waals surface area contributed by atoms with Gasteiger partial charge in [0.25, 0.3) is 0 Å². The molecule has 0 spiro atoms. The predicted molar refractivity (Wildman–Crippen MR) is 76.7 cm³/mol. The van der Waals surface area contributed by atoms with Gasteiger partial charge in [-0.25, -0.2) is 0 Å². The molecule has 20 heavy (non-hydrogen) atoms. The molecule has 1 saturated carbocycles. The molecule has 4 heteroatoms. The quantitative estimate of drug-likeness (QED) is 0.497. The van der Waals surface area contributed by atoms with Gasteiger partial charge in [-0.2, -0.15) is 13.2 Å². The minimum Gasteiger partial charge on any atom is -0.160 e. The van der Waals surface area contributed by atoms with E-state index in [1.54, 1.807) is 12.1 Å². The Hall–Kier alpha value is -1.08. The van der Waals surface area contributed by atoms with Gasteiger partial charge in [-0.15, -0.1) is 0 Å². The molecule has 1 aliphatic rings. The lowest BCUT2D eigenvalue weighted by Gasteiger charge is -2.20. The van der Waals surface area contributed by atoms with Crippen LogP contribution in [0, 0.1) is 17.8 Å². The van der Waals surface area contributed by atoms with E-state index in [2.05, 4.69) is 11.8 Å². The van der Waals surface area contributed by atoms with E-state index in [-0.39, 0.29) is 22.1 Å². The fourth-order valence-corrected chi connectivity index (χ4v) is 2.37. The molecule has 0 aromatic heterocycles. The Bertz CT molecular complexity index is 552. The van der Waals surface area contributed by atoms with E-state index in [0.29, 0.717) is 11.5 Å². The number of hydrogen-bond acceptors (Lipinski definition) is 1. The molecule has 0 radical (unpaired) electrons. The van der Waals surface area contributed by atoms with Crippen molar-refractivity contribution in [3.8, 4) is 11.8 Å². The molecule has 0 unspecified atom stereocenters. The molecule has 1 aromatic carbocycles. The second kappa shape index (κ2) is 5.37. The van der Waals surface area contributed by atoms with E-state index < -0.39 is 5.51 Å². The van der Waals surface area contributed by atoms with Gasteiger partial charge in [0, 0.05) is 16.4 Å². The van der Waals surface area contributed by atoms with Gasteiger partial charge in [-0.3, -0.25) is 0 Å². The van der Waals surface area contributed by atoms with Crippen molar-refractivity contribution in [2.45, 2.75) is 49.4 Å². The molecule has 1 aromatic rings. The zero-order valence-electron chi connectivity index (χ0n) is 11.8. The fraction of sp³-hybridized carbons (Fsp3) is 0.500. The number of thioether (sulfide) groups is 1. The van der Waals surface area contributed by atoms with Gasteiger partial charge >= 0.3 is 5.51 Å². The second-order valence-corrected chi connectivity index (χ2v) is 7.16. The SMILES string of the molecule is CC(C)(C)c1ccc(C#CC2CC2)c(SC(F)(F)F)c1. The van der Waals surface area contributed by atoms with Gasteiger partial charge in [-0.05, 0) is 47.7 Å². The summed E-state index contributed by atoms with van der Waals surface area (Å²) in [5.41, 5.74) is -3.09. The van der Waals surface area contributed by atoms with Gasteiger partial charge in [0.15, 0.2) is 0 Å². The Balaban J connectivity index is 2.37. The maximum absolute atomic E-state index is 12.7. The average Bonchev–Trinajstić information content (AvgIpc) is 3.07. The molecule has 1 fully saturated rings. The molecule has 0 amide bonds. The molecule has 0 atom stereocenters. The van der Waals surface area contributed by atoms with E-state index in [1.807, 2.05) is 26.8 Å². The molecule has 0 saturated heterocycles. The lowest BCUT2D eigenvalue weighted by atomic mass is 9.87. The number of benzene rings is 1. The van der Waals surface area contributed by atoms with Crippen LogP contribution in [0.1, 0.15) is 44.7 Å². The van der Waals surface area contributed by atoms with Crippen LogP contribution in [-0.4, -0.2) is 5.51 Å². The molecule has 0 aliphatic heterocycles. The zero-order chi connectivity index (χ0) is 15.0. The molecule has 2 rings (SSSR count). The van der Waals surface area contributed by atoms with Crippen molar-refractivity contribution in [3.63, 3.8) is 0 Å². The first-order valence-corrected chi connectivity index (χ1v) is 7.38. The third kappa shape index (κ3) is 4.49. The smallest absolute Gasteiger partial charge is 0.160 e. The van der Waals surface area contributed by atoms with Crippen LogP contribution in [0.4, 0.5) is 13.2 Å². The van der Waals surface area contributed by atoms with E-state index in [1.165, 1.54) is 0 Å². The summed E-state index contributed by atoms with van der Waals surface area (Å²) in [6.07, 6.45) is 2.13. The Morgan fingerprint density at radius 1 is 1.15 bits per heavy atom. The van der Waals surface area contributed by atoms with Crippen molar-refractivity contribution in [2.24, 2.45) is 5.92 Å². The van der Waals surface area contributed by atoms with Crippen molar-refractivity contribution in [2.75, 3.05) is 0 Å². The van der Waals surface area contributed by atoms with Crippen LogP contribution in [0.2, 0.25) is 0 Å². The highest BCUT2D eigenvalue weighted by Gasteiger charge is 2.31. The summed E-state index contributed by atoms with van der Waals surface area (Å²) in [6.45, 7) is 5.96. The van der Waals surface area contributed by atoms with Gasteiger partial charge in [0.2, 0.25) is 0 Å². The normalized spacial score (nSPS) is 15.7.